The summed E-state index contributed by atoms with van der Waals surface area (Å²) < 4.78 is 15.1. The predicted octanol–water partition coefficient (Wildman–Crippen LogP) is 5.81. The molecule has 0 spiro atoms. The SMILES string of the molecule is Cc1c(Cl)cc(O)c(F)c1[C@@H](NC(=O)C1CCCC1)C12CCC(CC1)CC2. The Bertz CT molecular complexity index is 696. The molecule has 0 unspecified atom stereocenters. The van der Waals surface area contributed by atoms with Crippen molar-refractivity contribution in [2.24, 2.45) is 17.3 Å². The second-order valence-electron chi connectivity index (χ2n) is 9.00. The molecule has 4 fully saturated rings. The summed E-state index contributed by atoms with van der Waals surface area (Å²) in [6.07, 6.45) is 10.4. The number of amides is 1. The van der Waals surface area contributed by atoms with Crippen LogP contribution in [0.1, 0.15) is 81.4 Å². The van der Waals surface area contributed by atoms with Gasteiger partial charge >= 0.3 is 0 Å². The molecule has 0 heterocycles. The van der Waals surface area contributed by atoms with E-state index in [-0.39, 0.29) is 17.2 Å². The van der Waals surface area contributed by atoms with Gasteiger partial charge < -0.3 is 10.4 Å². The fraction of sp³-hybridized carbons (Fsp3) is 0.682. The quantitative estimate of drug-likeness (QED) is 0.677. The molecule has 27 heavy (non-hydrogen) atoms. The number of aromatic hydroxyl groups is 1. The first-order valence-electron chi connectivity index (χ1n) is 10.4. The van der Waals surface area contributed by atoms with Gasteiger partial charge in [0.25, 0.3) is 0 Å². The summed E-state index contributed by atoms with van der Waals surface area (Å²) in [6, 6.07) is 0.845. The van der Waals surface area contributed by atoms with Crippen LogP contribution in [0.15, 0.2) is 6.07 Å². The van der Waals surface area contributed by atoms with Crippen molar-refractivity contribution in [3.8, 4) is 5.75 Å². The minimum absolute atomic E-state index is 0.0278. The summed E-state index contributed by atoms with van der Waals surface area (Å²) in [5.74, 6) is -0.216. The van der Waals surface area contributed by atoms with Crippen molar-refractivity contribution in [3.05, 3.63) is 28.0 Å². The molecular formula is C22H29ClFNO2. The molecule has 4 saturated carbocycles. The Kier molecular flexibility index (Phi) is 5.13. The van der Waals surface area contributed by atoms with Gasteiger partial charge in [-0.2, -0.15) is 0 Å². The molecule has 1 atom stereocenters. The minimum Gasteiger partial charge on any atom is -0.505 e. The molecule has 0 aromatic heterocycles. The number of halogens is 2. The molecule has 4 aliphatic rings. The molecule has 2 N–H and O–H groups in total. The average molecular weight is 394 g/mol. The molecule has 1 aromatic carbocycles. The molecule has 3 nitrogen and oxygen atoms in total. The number of hydrogen-bond donors (Lipinski definition) is 2. The Hall–Kier alpha value is -1.29. The largest absolute Gasteiger partial charge is 0.505 e. The van der Waals surface area contributed by atoms with Crippen LogP contribution in [0.5, 0.6) is 5.75 Å². The van der Waals surface area contributed by atoms with Crippen LogP contribution in [0.2, 0.25) is 5.02 Å². The van der Waals surface area contributed by atoms with Crippen LogP contribution in [-0.4, -0.2) is 11.0 Å². The third-order valence-corrected chi connectivity index (χ3v) is 7.94. The minimum atomic E-state index is -0.629. The first kappa shape index (κ1) is 19.0. The Morgan fingerprint density at radius 1 is 1.22 bits per heavy atom. The molecule has 1 amide bonds. The third kappa shape index (κ3) is 3.35. The summed E-state index contributed by atoms with van der Waals surface area (Å²) in [4.78, 5) is 13.0. The number of benzene rings is 1. The van der Waals surface area contributed by atoms with Gasteiger partial charge in [0.2, 0.25) is 5.91 Å². The van der Waals surface area contributed by atoms with E-state index in [0.29, 0.717) is 16.1 Å². The zero-order valence-electron chi connectivity index (χ0n) is 16.0. The zero-order valence-corrected chi connectivity index (χ0v) is 16.7. The third-order valence-electron chi connectivity index (χ3n) is 7.55. The Balaban J connectivity index is 1.76. The van der Waals surface area contributed by atoms with Crippen molar-refractivity contribution in [2.45, 2.75) is 77.2 Å². The average Bonchev–Trinajstić information content (AvgIpc) is 3.22. The number of carbonyl (C=O) groups is 1. The van der Waals surface area contributed by atoms with Crippen LogP contribution in [0, 0.1) is 30.0 Å². The number of phenols is 1. The molecular weight excluding hydrogens is 365 g/mol. The summed E-state index contributed by atoms with van der Waals surface area (Å²) in [7, 11) is 0. The standard InChI is InChI=1S/C22H29ClFNO2/c1-13-16(23)12-17(26)19(24)18(13)20(25-21(27)15-4-2-3-5-15)22-9-6-14(7-10-22)8-11-22/h12,14-15,20,26H,2-11H2,1H3,(H,25,27)/t14?,20-,22?/m1/s1. The van der Waals surface area contributed by atoms with Gasteiger partial charge in [-0.25, -0.2) is 4.39 Å². The van der Waals surface area contributed by atoms with Gasteiger partial charge in [0.1, 0.15) is 0 Å². The molecule has 5 heteroatoms. The van der Waals surface area contributed by atoms with Crippen molar-refractivity contribution in [3.63, 3.8) is 0 Å². The highest BCUT2D eigenvalue weighted by Crippen LogP contribution is 2.57. The number of phenolic OH excluding ortho intramolecular Hbond substituents is 1. The Morgan fingerprint density at radius 3 is 2.41 bits per heavy atom. The maximum absolute atomic E-state index is 15.1. The van der Waals surface area contributed by atoms with Gasteiger partial charge in [-0.1, -0.05) is 24.4 Å². The lowest BCUT2D eigenvalue weighted by Gasteiger charge is -2.51. The Labute approximate surface area is 165 Å². The van der Waals surface area contributed by atoms with E-state index in [4.69, 9.17) is 11.6 Å². The fourth-order valence-electron chi connectivity index (χ4n) is 5.76. The highest BCUT2D eigenvalue weighted by molar-refractivity contribution is 6.31. The van der Waals surface area contributed by atoms with Gasteiger partial charge in [-0.15, -0.1) is 0 Å². The molecule has 148 valence electrons. The smallest absolute Gasteiger partial charge is 0.223 e. The first-order chi connectivity index (χ1) is 12.9. The summed E-state index contributed by atoms with van der Waals surface area (Å²) in [6.45, 7) is 1.79. The van der Waals surface area contributed by atoms with Crippen LogP contribution in [-0.2, 0) is 4.79 Å². The van der Waals surface area contributed by atoms with E-state index in [1.54, 1.807) is 6.92 Å². The van der Waals surface area contributed by atoms with Crippen molar-refractivity contribution in [1.29, 1.82) is 0 Å². The molecule has 5 rings (SSSR count). The number of rotatable bonds is 4. The highest BCUT2D eigenvalue weighted by Gasteiger charge is 2.48. The van der Waals surface area contributed by atoms with E-state index in [2.05, 4.69) is 5.32 Å². The van der Waals surface area contributed by atoms with Crippen molar-refractivity contribution in [2.75, 3.05) is 0 Å². The monoisotopic (exact) mass is 393 g/mol. The summed E-state index contributed by atoms with van der Waals surface area (Å²) in [5.41, 5.74) is 0.892. The van der Waals surface area contributed by atoms with Crippen LogP contribution in [0.4, 0.5) is 4.39 Å². The van der Waals surface area contributed by atoms with Crippen molar-refractivity contribution < 1.29 is 14.3 Å². The zero-order chi connectivity index (χ0) is 19.2. The molecule has 0 saturated heterocycles. The number of hydrogen-bond acceptors (Lipinski definition) is 2. The van der Waals surface area contributed by atoms with E-state index in [0.717, 1.165) is 70.1 Å². The van der Waals surface area contributed by atoms with Gasteiger partial charge in [0.05, 0.1) is 6.04 Å². The maximum atomic E-state index is 15.1. The van der Waals surface area contributed by atoms with E-state index < -0.39 is 17.6 Å². The van der Waals surface area contributed by atoms with Gasteiger partial charge in [0, 0.05) is 22.6 Å². The van der Waals surface area contributed by atoms with Crippen molar-refractivity contribution in [1.82, 2.24) is 5.32 Å². The normalized spacial score (nSPS) is 29.1. The van der Waals surface area contributed by atoms with E-state index in [9.17, 15) is 9.90 Å². The summed E-state index contributed by atoms with van der Waals surface area (Å²) >= 11 is 6.30. The van der Waals surface area contributed by atoms with Crippen LogP contribution < -0.4 is 5.32 Å². The Morgan fingerprint density at radius 2 is 1.81 bits per heavy atom. The molecule has 0 aliphatic heterocycles. The second kappa shape index (κ2) is 7.27. The van der Waals surface area contributed by atoms with Gasteiger partial charge in [0.15, 0.2) is 11.6 Å². The van der Waals surface area contributed by atoms with E-state index in [1.807, 2.05) is 0 Å². The highest BCUT2D eigenvalue weighted by atomic mass is 35.5. The molecule has 0 radical (unpaired) electrons. The van der Waals surface area contributed by atoms with Crippen LogP contribution >= 0.6 is 11.6 Å². The predicted molar refractivity (Wildman–Crippen MR) is 104 cm³/mol. The van der Waals surface area contributed by atoms with Crippen LogP contribution in [0.25, 0.3) is 0 Å². The summed E-state index contributed by atoms with van der Waals surface area (Å²) in [5, 5.41) is 13.7. The molecule has 1 aromatic rings. The van der Waals surface area contributed by atoms with Crippen LogP contribution in [0.3, 0.4) is 0 Å². The molecule has 2 bridgehead atoms. The maximum Gasteiger partial charge on any atom is 0.223 e. The lowest BCUT2D eigenvalue weighted by molar-refractivity contribution is -0.127. The van der Waals surface area contributed by atoms with Gasteiger partial charge in [-0.3, -0.25) is 4.79 Å². The van der Waals surface area contributed by atoms with Gasteiger partial charge in [-0.05, 0) is 75.2 Å². The fourth-order valence-corrected chi connectivity index (χ4v) is 5.97. The lowest BCUT2D eigenvalue weighted by atomic mass is 9.56. The first-order valence-corrected chi connectivity index (χ1v) is 10.8. The molecule has 4 aliphatic carbocycles. The number of carbonyl (C=O) groups excluding carboxylic acids is 1. The van der Waals surface area contributed by atoms with E-state index >= 15 is 4.39 Å². The van der Waals surface area contributed by atoms with Crippen molar-refractivity contribution >= 4 is 17.5 Å². The lowest BCUT2D eigenvalue weighted by Crippen LogP contribution is -2.48. The second-order valence-corrected chi connectivity index (χ2v) is 9.40. The number of fused-ring (bicyclic) bond motifs is 3. The topological polar surface area (TPSA) is 49.3 Å². The number of nitrogens with one attached hydrogen (secondary N) is 1. The van der Waals surface area contributed by atoms with E-state index in [1.165, 1.54) is 6.07 Å².